The van der Waals surface area contributed by atoms with E-state index in [0.29, 0.717) is 37.9 Å². The summed E-state index contributed by atoms with van der Waals surface area (Å²) in [6, 6.07) is 2.41. The van der Waals surface area contributed by atoms with Gasteiger partial charge in [-0.2, -0.15) is 18.2 Å². The van der Waals surface area contributed by atoms with Gasteiger partial charge in [-0.25, -0.2) is 9.49 Å². The third kappa shape index (κ3) is 4.47. The van der Waals surface area contributed by atoms with E-state index in [0.717, 1.165) is 12.1 Å². The fourth-order valence-corrected chi connectivity index (χ4v) is 3.05. The zero-order valence-electron chi connectivity index (χ0n) is 14.2. The van der Waals surface area contributed by atoms with Crippen LogP contribution in [0.25, 0.3) is 0 Å². The van der Waals surface area contributed by atoms with Gasteiger partial charge in [-0.15, -0.1) is 5.10 Å². The van der Waals surface area contributed by atoms with Crippen LogP contribution in [0.5, 0.6) is 0 Å². The van der Waals surface area contributed by atoms with Crippen LogP contribution in [0.2, 0.25) is 0 Å². The van der Waals surface area contributed by atoms with Crippen molar-refractivity contribution in [2.75, 3.05) is 23.7 Å². The highest BCUT2D eigenvalue weighted by atomic mass is 19.4. The summed E-state index contributed by atoms with van der Waals surface area (Å²) in [5, 5.41) is 8.96. The van der Waals surface area contributed by atoms with Gasteiger partial charge in [0.2, 0.25) is 17.8 Å². The summed E-state index contributed by atoms with van der Waals surface area (Å²) >= 11 is 0. The van der Waals surface area contributed by atoms with Crippen molar-refractivity contribution in [2.24, 2.45) is 5.92 Å². The Balaban J connectivity index is 1.56. The summed E-state index contributed by atoms with van der Waals surface area (Å²) in [5.74, 6) is -0.976. The van der Waals surface area contributed by atoms with Gasteiger partial charge in [0.25, 0.3) is 0 Å². The number of carbonyl (C=O) groups is 1. The van der Waals surface area contributed by atoms with Gasteiger partial charge < -0.3 is 16.0 Å². The smallest absolute Gasteiger partial charge is 0.366 e. The minimum Gasteiger partial charge on any atom is -0.366 e. The number of nitrogens with one attached hydrogen (secondary N) is 2. The number of hydrogen-bond acceptors (Lipinski definition) is 5. The topological polar surface area (TPSA) is 99.9 Å². The summed E-state index contributed by atoms with van der Waals surface area (Å²) in [7, 11) is 0. The number of nitrogens with two attached hydrogens (primary N) is 1. The molecule has 11 heteroatoms. The number of halogens is 4. The number of nitrogen functional groups attached to an aromatic ring is 1. The Morgan fingerprint density at radius 1 is 1.33 bits per heavy atom. The second kappa shape index (κ2) is 7.41. The number of rotatable bonds is 4. The molecule has 0 aliphatic carbocycles. The van der Waals surface area contributed by atoms with Crippen LogP contribution in [0.15, 0.2) is 18.2 Å². The Bertz CT molecular complexity index is 813. The first-order valence-electron chi connectivity index (χ1n) is 8.30. The van der Waals surface area contributed by atoms with Crippen LogP contribution < -0.4 is 16.0 Å². The highest BCUT2D eigenvalue weighted by Crippen LogP contribution is 2.32. The summed E-state index contributed by atoms with van der Waals surface area (Å²) in [6.45, 7) is 0.765. The van der Waals surface area contributed by atoms with E-state index < -0.39 is 17.6 Å². The molecular formula is C16H18F4N6O. The number of anilines is 2. The van der Waals surface area contributed by atoms with Crippen LogP contribution in [0.3, 0.4) is 0 Å². The van der Waals surface area contributed by atoms with Gasteiger partial charge in [-0.05, 0) is 30.5 Å². The van der Waals surface area contributed by atoms with Gasteiger partial charge in [-0.1, -0.05) is 6.07 Å². The molecular weight excluding hydrogens is 368 g/mol. The second-order valence-electron chi connectivity index (χ2n) is 6.30. The molecule has 3 rings (SSSR count). The Kier molecular flexibility index (Phi) is 5.19. The Morgan fingerprint density at radius 2 is 2.04 bits per heavy atom. The van der Waals surface area contributed by atoms with E-state index in [2.05, 4.69) is 20.5 Å². The number of hydrogen-bond donors (Lipinski definition) is 3. The van der Waals surface area contributed by atoms with Crippen molar-refractivity contribution in [2.45, 2.75) is 25.6 Å². The summed E-state index contributed by atoms with van der Waals surface area (Å²) < 4.78 is 52.2. The average Bonchev–Trinajstić information content (AvgIpc) is 3.06. The molecule has 1 aromatic carbocycles. The van der Waals surface area contributed by atoms with Gasteiger partial charge in [0, 0.05) is 25.6 Å². The normalized spacial score (nSPS) is 15.8. The first-order valence-corrected chi connectivity index (χ1v) is 8.30. The third-order valence-corrected chi connectivity index (χ3v) is 4.49. The lowest BCUT2D eigenvalue weighted by molar-refractivity contribution is -0.138. The lowest BCUT2D eigenvalue weighted by Crippen LogP contribution is -2.41. The van der Waals surface area contributed by atoms with Crippen LogP contribution in [0, 0.1) is 11.7 Å². The van der Waals surface area contributed by atoms with E-state index >= 15 is 0 Å². The van der Waals surface area contributed by atoms with Crippen LogP contribution >= 0.6 is 0 Å². The van der Waals surface area contributed by atoms with E-state index in [9.17, 15) is 22.4 Å². The molecule has 4 N–H and O–H groups in total. The molecule has 1 aliphatic heterocycles. The zero-order chi connectivity index (χ0) is 19.6. The molecule has 1 amide bonds. The summed E-state index contributed by atoms with van der Waals surface area (Å²) in [6.07, 6.45) is -3.66. The molecule has 2 aromatic rings. The molecule has 1 fully saturated rings. The lowest BCUT2D eigenvalue weighted by atomic mass is 9.96. The molecule has 7 nitrogen and oxygen atoms in total. The Morgan fingerprint density at radius 3 is 2.63 bits per heavy atom. The van der Waals surface area contributed by atoms with Gasteiger partial charge in [0.1, 0.15) is 5.82 Å². The molecule has 1 saturated heterocycles. The Hall–Kier alpha value is -2.85. The van der Waals surface area contributed by atoms with Gasteiger partial charge in [0.05, 0.1) is 5.56 Å². The summed E-state index contributed by atoms with van der Waals surface area (Å²) in [5.41, 5.74) is 4.20. The minimum absolute atomic E-state index is 0.129. The van der Waals surface area contributed by atoms with Gasteiger partial charge >= 0.3 is 6.18 Å². The molecule has 0 unspecified atom stereocenters. The van der Waals surface area contributed by atoms with E-state index in [4.69, 9.17) is 5.73 Å². The van der Waals surface area contributed by atoms with Crippen molar-refractivity contribution in [3.8, 4) is 0 Å². The summed E-state index contributed by atoms with van der Waals surface area (Å²) in [4.78, 5) is 18.2. The molecule has 2 heterocycles. The highest BCUT2D eigenvalue weighted by Gasteiger charge is 2.34. The number of piperidine rings is 1. The minimum atomic E-state index is -4.69. The molecule has 0 saturated carbocycles. The van der Waals surface area contributed by atoms with Crippen molar-refractivity contribution in [3.63, 3.8) is 0 Å². The second-order valence-corrected chi connectivity index (χ2v) is 6.30. The highest BCUT2D eigenvalue weighted by molar-refractivity contribution is 5.79. The predicted octanol–water partition coefficient (Wildman–Crippen LogP) is 2.08. The largest absolute Gasteiger partial charge is 0.416 e. The van der Waals surface area contributed by atoms with Crippen molar-refractivity contribution >= 4 is 17.8 Å². The van der Waals surface area contributed by atoms with Crippen LogP contribution in [-0.2, 0) is 17.5 Å². The van der Waals surface area contributed by atoms with Crippen molar-refractivity contribution in [1.29, 1.82) is 0 Å². The van der Waals surface area contributed by atoms with Crippen LogP contribution in [0.1, 0.15) is 24.0 Å². The standard InChI is InChI=1S/C16H18F4N6O/c17-11-2-1-10(12(7-11)16(18,19)20)8-22-13(27)9-3-5-26(6-4-9)15-23-14(21)24-25-15/h1-2,7,9H,3-6,8H2,(H,22,27)(H3,21,23,24,25). The Labute approximate surface area is 151 Å². The van der Waals surface area contributed by atoms with Crippen LogP contribution in [-0.4, -0.2) is 34.2 Å². The fourth-order valence-electron chi connectivity index (χ4n) is 3.05. The van der Waals surface area contributed by atoms with Crippen molar-refractivity contribution in [1.82, 2.24) is 20.5 Å². The van der Waals surface area contributed by atoms with Crippen LogP contribution in [0.4, 0.5) is 29.5 Å². The molecule has 1 aliphatic rings. The van der Waals surface area contributed by atoms with E-state index in [-0.39, 0.29) is 29.9 Å². The SMILES string of the molecule is Nc1n[nH]c(N2CCC(C(=O)NCc3ccc(F)cc3C(F)(F)F)CC2)n1. The maximum Gasteiger partial charge on any atom is 0.416 e. The number of amides is 1. The maximum absolute atomic E-state index is 13.1. The van der Waals surface area contributed by atoms with E-state index in [1.165, 1.54) is 0 Å². The number of carbonyl (C=O) groups excluding carboxylic acids is 1. The monoisotopic (exact) mass is 386 g/mol. The number of nitrogens with zero attached hydrogens (tertiary/aromatic N) is 3. The fraction of sp³-hybridized carbons (Fsp3) is 0.438. The van der Waals surface area contributed by atoms with Gasteiger partial charge in [0.15, 0.2) is 0 Å². The molecule has 0 bridgehead atoms. The third-order valence-electron chi connectivity index (χ3n) is 4.49. The quantitative estimate of drug-likeness (QED) is 0.699. The number of aromatic amines is 1. The first-order chi connectivity index (χ1) is 12.7. The molecule has 146 valence electrons. The zero-order valence-corrected chi connectivity index (χ0v) is 14.2. The van der Waals surface area contributed by atoms with E-state index in [1.54, 1.807) is 0 Å². The van der Waals surface area contributed by atoms with Crippen molar-refractivity contribution < 1.29 is 22.4 Å². The number of H-pyrrole nitrogens is 1. The maximum atomic E-state index is 13.1. The van der Waals surface area contributed by atoms with Gasteiger partial charge in [-0.3, -0.25) is 4.79 Å². The number of aromatic nitrogens is 3. The molecule has 0 radical (unpaired) electrons. The van der Waals surface area contributed by atoms with Crippen molar-refractivity contribution in [3.05, 3.63) is 35.1 Å². The van der Waals surface area contributed by atoms with E-state index in [1.807, 2.05) is 4.90 Å². The molecule has 27 heavy (non-hydrogen) atoms. The number of alkyl halides is 3. The first kappa shape index (κ1) is 18.9. The average molecular weight is 386 g/mol. The predicted molar refractivity (Wildman–Crippen MR) is 89.0 cm³/mol. The molecule has 1 aromatic heterocycles. The molecule has 0 spiro atoms. The molecule has 0 atom stereocenters. The lowest BCUT2D eigenvalue weighted by Gasteiger charge is -2.30. The number of benzene rings is 1.